The van der Waals surface area contributed by atoms with Gasteiger partial charge in [0.1, 0.15) is 6.04 Å². The molecule has 0 aromatic heterocycles. The lowest BCUT2D eigenvalue weighted by molar-refractivity contribution is -0.154. The van der Waals surface area contributed by atoms with E-state index in [0.29, 0.717) is 25.9 Å². The van der Waals surface area contributed by atoms with E-state index >= 15 is 0 Å². The fraction of sp³-hybridized carbons (Fsp3) is 0.769. The Morgan fingerprint density at radius 1 is 1.41 bits per heavy atom. The van der Waals surface area contributed by atoms with E-state index in [-0.39, 0.29) is 17.5 Å². The molecule has 0 bridgehead atoms. The van der Waals surface area contributed by atoms with Crippen molar-refractivity contribution in [3.8, 4) is 0 Å². The number of carbonyl (C=O) groups excluding carboxylic acids is 3. The minimum Gasteiger partial charge on any atom is -0.407 e. The zero-order chi connectivity index (χ0) is 15.9. The van der Waals surface area contributed by atoms with Gasteiger partial charge in [-0.3, -0.25) is 14.2 Å². The van der Waals surface area contributed by atoms with Crippen LogP contribution in [0.5, 0.6) is 0 Å². The Morgan fingerprint density at radius 2 is 2.14 bits per heavy atom. The second-order valence-electron chi connectivity index (χ2n) is 6.47. The van der Waals surface area contributed by atoms with Crippen LogP contribution in [-0.2, 0) is 23.5 Å². The minimum absolute atomic E-state index is 0.265. The van der Waals surface area contributed by atoms with Crippen LogP contribution in [0.2, 0.25) is 0 Å². The number of amides is 2. The van der Waals surface area contributed by atoms with Crippen LogP contribution in [0.25, 0.3) is 0 Å². The Hall–Kier alpha value is -1.40. The van der Waals surface area contributed by atoms with Crippen molar-refractivity contribution in [1.29, 1.82) is 0 Å². The average Bonchev–Trinajstić information content (AvgIpc) is 2.97. The Balaban J connectivity index is 1.59. The molecular formula is C13H18N3O5P. The van der Waals surface area contributed by atoms with Crippen LogP contribution in [0, 0.1) is 0 Å². The highest BCUT2D eigenvalue weighted by molar-refractivity contribution is 7.74. The van der Waals surface area contributed by atoms with E-state index < -0.39 is 30.7 Å². The number of likely N-dealkylation sites (tertiary alicyclic amines) is 2. The van der Waals surface area contributed by atoms with Gasteiger partial charge >= 0.3 is 5.97 Å². The van der Waals surface area contributed by atoms with Crippen LogP contribution in [0.4, 0.5) is 0 Å². The van der Waals surface area contributed by atoms with E-state index in [1.54, 1.807) is 6.92 Å². The van der Waals surface area contributed by atoms with E-state index in [9.17, 15) is 18.9 Å². The van der Waals surface area contributed by atoms with E-state index in [4.69, 9.17) is 10.3 Å². The van der Waals surface area contributed by atoms with Gasteiger partial charge in [-0.1, -0.05) is 0 Å². The summed E-state index contributed by atoms with van der Waals surface area (Å²) in [5.41, 5.74) is 5.31. The summed E-state index contributed by atoms with van der Waals surface area (Å²) in [5, 5.41) is -1.18. The highest BCUT2D eigenvalue weighted by Gasteiger charge is 2.96. The quantitative estimate of drug-likeness (QED) is 0.683. The monoisotopic (exact) mass is 327 g/mol. The first-order chi connectivity index (χ1) is 10.4. The summed E-state index contributed by atoms with van der Waals surface area (Å²) < 4.78 is 17.2. The summed E-state index contributed by atoms with van der Waals surface area (Å²) in [5.74, 6) is -1.10. The first-order valence-corrected chi connectivity index (χ1v) is 9.26. The Labute approximate surface area is 127 Å². The highest BCUT2D eigenvalue weighted by atomic mass is 31.2. The Bertz CT molecular complexity index is 650. The van der Waals surface area contributed by atoms with Crippen LogP contribution in [-0.4, -0.2) is 63.7 Å². The molecule has 2 unspecified atom stereocenters. The largest absolute Gasteiger partial charge is 0.407 e. The van der Waals surface area contributed by atoms with Crippen molar-refractivity contribution in [2.45, 2.75) is 49.2 Å². The van der Waals surface area contributed by atoms with Gasteiger partial charge in [-0.05, 0) is 26.2 Å². The lowest BCUT2D eigenvalue weighted by atomic mass is 10.1. The summed E-state index contributed by atoms with van der Waals surface area (Å²) in [6.45, 7) is 2.48. The first kappa shape index (κ1) is 14.2. The number of hydrogen-bond acceptors (Lipinski definition) is 6. The lowest BCUT2D eigenvalue weighted by Crippen LogP contribution is -2.57. The Morgan fingerprint density at radius 3 is 2.73 bits per heavy atom. The minimum atomic E-state index is -2.98. The van der Waals surface area contributed by atoms with Crippen molar-refractivity contribution < 1.29 is 23.5 Å². The van der Waals surface area contributed by atoms with Gasteiger partial charge in [0.05, 0.1) is 11.7 Å². The molecule has 4 saturated heterocycles. The maximum atomic E-state index is 12.9. The highest BCUT2D eigenvalue weighted by Crippen LogP contribution is 2.93. The fourth-order valence-electron chi connectivity index (χ4n) is 4.23. The molecule has 5 atom stereocenters. The van der Waals surface area contributed by atoms with Crippen LogP contribution >= 0.6 is 7.37 Å². The van der Waals surface area contributed by atoms with Crippen molar-refractivity contribution >= 4 is 25.2 Å². The van der Waals surface area contributed by atoms with Gasteiger partial charge in [-0.15, -0.1) is 0 Å². The third kappa shape index (κ3) is 1.34. The molecule has 4 aliphatic rings. The van der Waals surface area contributed by atoms with Crippen LogP contribution < -0.4 is 5.73 Å². The predicted molar refractivity (Wildman–Crippen MR) is 74.9 cm³/mol. The standard InChI is InChI=1S/C13H18N3O5P/c1-7(14)10(17)15-5-2-3-8(15)11(18)16-6-4-9-13(16)12(19)21-22(9,13)20/h7-9H,2-6,14H2,1H3/t7-,8-,9?,13+,22?/m0/s1. The number of nitrogens with two attached hydrogens (primary N) is 1. The number of hydrogen-bond donors (Lipinski definition) is 1. The molecule has 0 aromatic carbocycles. The molecule has 0 aromatic rings. The van der Waals surface area contributed by atoms with Gasteiger partial charge in [-0.25, -0.2) is 4.79 Å². The maximum Gasteiger partial charge on any atom is 0.349 e. The van der Waals surface area contributed by atoms with E-state index in [2.05, 4.69) is 0 Å². The van der Waals surface area contributed by atoms with Crippen molar-refractivity contribution in [1.82, 2.24) is 9.80 Å². The summed E-state index contributed by atoms with van der Waals surface area (Å²) in [6.07, 6.45) is 1.80. The molecule has 0 aliphatic carbocycles. The van der Waals surface area contributed by atoms with Crippen molar-refractivity contribution in [3.05, 3.63) is 0 Å². The molecule has 4 heterocycles. The second-order valence-corrected chi connectivity index (χ2v) is 9.16. The van der Waals surface area contributed by atoms with E-state index in [1.165, 1.54) is 9.80 Å². The van der Waals surface area contributed by atoms with E-state index in [1.807, 2.05) is 0 Å². The summed E-state index contributed by atoms with van der Waals surface area (Å²) in [7, 11) is -2.98. The van der Waals surface area contributed by atoms with Crippen LogP contribution in [0.3, 0.4) is 0 Å². The van der Waals surface area contributed by atoms with Gasteiger partial charge in [0.15, 0.2) is 0 Å². The molecule has 9 heteroatoms. The predicted octanol–water partition coefficient (Wildman–Crippen LogP) is -0.530. The third-order valence-corrected chi connectivity index (χ3v) is 8.61. The first-order valence-electron chi connectivity index (χ1n) is 7.57. The van der Waals surface area contributed by atoms with Crippen molar-refractivity contribution in [2.75, 3.05) is 13.1 Å². The van der Waals surface area contributed by atoms with Crippen molar-refractivity contribution in [3.63, 3.8) is 0 Å². The number of fused-ring (bicyclic) bond motifs is 1. The van der Waals surface area contributed by atoms with Gasteiger partial charge < -0.3 is 20.1 Å². The molecule has 2 N–H and O–H groups in total. The zero-order valence-electron chi connectivity index (χ0n) is 12.2. The smallest absolute Gasteiger partial charge is 0.349 e. The van der Waals surface area contributed by atoms with Crippen LogP contribution in [0.15, 0.2) is 0 Å². The molecule has 8 nitrogen and oxygen atoms in total. The molecule has 1 spiro atoms. The molecule has 22 heavy (non-hydrogen) atoms. The SMILES string of the molecule is C[C@H](N)C(=O)N1CCC[C@H]1C(=O)N1CCC2[C@@]13C(=O)OP23=O. The molecule has 4 rings (SSSR count). The molecule has 4 aliphatic heterocycles. The summed E-state index contributed by atoms with van der Waals surface area (Å²) in [4.78, 5) is 39.8. The topological polar surface area (TPSA) is 110 Å². The van der Waals surface area contributed by atoms with Gasteiger partial charge in [0.2, 0.25) is 17.1 Å². The number of nitrogens with zero attached hydrogens (tertiary/aromatic N) is 2. The maximum absolute atomic E-state index is 12.9. The zero-order valence-corrected chi connectivity index (χ0v) is 13.1. The summed E-state index contributed by atoms with van der Waals surface area (Å²) in [6, 6.07) is -1.27. The molecule has 4 fully saturated rings. The molecule has 0 saturated carbocycles. The fourth-order valence-corrected chi connectivity index (χ4v) is 7.54. The molecule has 0 radical (unpaired) electrons. The molecular weight excluding hydrogens is 309 g/mol. The van der Waals surface area contributed by atoms with Crippen LogP contribution in [0.1, 0.15) is 26.2 Å². The second kappa shape index (κ2) is 4.11. The number of carbonyl (C=O) groups is 3. The molecule has 120 valence electrons. The van der Waals surface area contributed by atoms with Crippen molar-refractivity contribution in [2.24, 2.45) is 5.73 Å². The number of rotatable bonds is 2. The Kier molecular flexibility index (Phi) is 2.66. The normalized spacial score (nSPS) is 43.1. The van der Waals surface area contributed by atoms with Gasteiger partial charge in [0.25, 0.3) is 7.37 Å². The van der Waals surface area contributed by atoms with Gasteiger partial charge in [-0.2, -0.15) is 0 Å². The average molecular weight is 327 g/mol. The summed E-state index contributed by atoms with van der Waals surface area (Å²) >= 11 is 0. The lowest BCUT2D eigenvalue weighted by Gasteiger charge is -2.36. The van der Waals surface area contributed by atoms with Gasteiger partial charge in [0, 0.05) is 13.1 Å². The van der Waals surface area contributed by atoms with E-state index in [0.717, 1.165) is 6.42 Å². The third-order valence-electron chi connectivity index (χ3n) is 5.32. The molecule has 2 amide bonds.